The second kappa shape index (κ2) is 6.54. The molecule has 0 radical (unpaired) electrons. The molecule has 0 fully saturated rings. The molecule has 0 amide bonds. The van der Waals surface area contributed by atoms with Crippen LogP contribution in [-0.2, 0) is 17.9 Å². The van der Waals surface area contributed by atoms with Gasteiger partial charge >= 0.3 is 5.97 Å². The van der Waals surface area contributed by atoms with E-state index in [0.717, 1.165) is 24.5 Å². The molecule has 0 bridgehead atoms. The van der Waals surface area contributed by atoms with Crippen LogP contribution in [0.3, 0.4) is 0 Å². The third kappa shape index (κ3) is 4.49. The van der Waals surface area contributed by atoms with Crippen molar-refractivity contribution < 1.29 is 9.90 Å². The van der Waals surface area contributed by atoms with Crippen molar-refractivity contribution in [2.75, 3.05) is 13.1 Å². The van der Waals surface area contributed by atoms with Crippen molar-refractivity contribution in [1.29, 1.82) is 0 Å². The highest BCUT2D eigenvalue weighted by Gasteiger charge is 2.14. The Kier molecular flexibility index (Phi) is 5.34. The molecule has 0 atom stereocenters. The number of aliphatic carboxylic acids is 1. The van der Waals surface area contributed by atoms with E-state index in [1.165, 1.54) is 0 Å². The number of carboxylic acids is 1. The van der Waals surface area contributed by atoms with E-state index in [1.807, 2.05) is 29.5 Å². The topological polar surface area (TPSA) is 58.4 Å². The van der Waals surface area contributed by atoms with Gasteiger partial charge in [-0.05, 0) is 25.8 Å². The summed E-state index contributed by atoms with van der Waals surface area (Å²) in [5.41, 5.74) is 2.06. The Morgan fingerprint density at radius 3 is 2.72 bits per heavy atom. The highest BCUT2D eigenvalue weighted by Crippen LogP contribution is 2.09. The largest absolute Gasteiger partial charge is 0.480 e. The third-order valence-corrected chi connectivity index (χ3v) is 2.65. The maximum absolute atomic E-state index is 10.9. The quantitative estimate of drug-likeness (QED) is 0.804. The minimum atomic E-state index is -0.782. The van der Waals surface area contributed by atoms with Gasteiger partial charge in [0.15, 0.2) is 0 Å². The molecule has 18 heavy (non-hydrogen) atoms. The highest BCUT2D eigenvalue weighted by atomic mass is 16.4. The highest BCUT2D eigenvalue weighted by molar-refractivity contribution is 5.69. The van der Waals surface area contributed by atoms with Crippen LogP contribution in [0.5, 0.6) is 0 Å². The summed E-state index contributed by atoms with van der Waals surface area (Å²) in [4.78, 5) is 12.8. The van der Waals surface area contributed by atoms with Crippen molar-refractivity contribution in [2.45, 2.75) is 40.8 Å². The fourth-order valence-electron chi connectivity index (χ4n) is 2.12. The van der Waals surface area contributed by atoms with E-state index < -0.39 is 5.97 Å². The molecule has 1 heterocycles. The molecule has 5 nitrogen and oxygen atoms in total. The Bertz CT molecular complexity index is 399. The van der Waals surface area contributed by atoms with Gasteiger partial charge in [0.1, 0.15) is 0 Å². The molecule has 1 N–H and O–H groups in total. The normalized spacial score (nSPS) is 11.4. The Labute approximate surface area is 108 Å². The number of aromatic nitrogens is 2. The molecular weight excluding hydrogens is 230 g/mol. The molecule has 1 aromatic rings. The monoisotopic (exact) mass is 253 g/mol. The second-order valence-corrected chi connectivity index (χ2v) is 5.05. The van der Waals surface area contributed by atoms with E-state index in [9.17, 15) is 4.79 Å². The van der Waals surface area contributed by atoms with Gasteiger partial charge in [0.25, 0.3) is 0 Å². The number of rotatable bonds is 7. The summed E-state index contributed by atoms with van der Waals surface area (Å²) in [6, 6.07) is 2.03. The van der Waals surface area contributed by atoms with Gasteiger partial charge in [-0.1, -0.05) is 13.8 Å². The van der Waals surface area contributed by atoms with Gasteiger partial charge in [-0.3, -0.25) is 14.4 Å². The molecular formula is C13H23N3O2. The first kappa shape index (κ1) is 14.7. The van der Waals surface area contributed by atoms with Gasteiger partial charge in [-0.2, -0.15) is 5.10 Å². The summed E-state index contributed by atoms with van der Waals surface area (Å²) < 4.78 is 1.94. The average molecular weight is 253 g/mol. The number of carbonyl (C=O) groups is 1. The first-order valence-electron chi connectivity index (χ1n) is 6.39. The van der Waals surface area contributed by atoms with E-state index in [2.05, 4.69) is 18.9 Å². The lowest BCUT2D eigenvalue weighted by Gasteiger charge is -2.22. The van der Waals surface area contributed by atoms with Crippen LogP contribution in [-0.4, -0.2) is 38.8 Å². The third-order valence-electron chi connectivity index (χ3n) is 2.65. The minimum absolute atomic E-state index is 0.0755. The van der Waals surface area contributed by atoms with E-state index >= 15 is 0 Å². The zero-order valence-corrected chi connectivity index (χ0v) is 11.7. The zero-order chi connectivity index (χ0) is 13.7. The van der Waals surface area contributed by atoms with Gasteiger partial charge in [-0.15, -0.1) is 0 Å². The van der Waals surface area contributed by atoms with Gasteiger partial charge in [-0.25, -0.2) is 0 Å². The zero-order valence-electron chi connectivity index (χ0n) is 11.7. The van der Waals surface area contributed by atoms with Crippen LogP contribution in [0.1, 0.15) is 32.2 Å². The molecule has 0 saturated carbocycles. The lowest BCUT2D eigenvalue weighted by Crippen LogP contribution is -2.33. The van der Waals surface area contributed by atoms with Crippen LogP contribution in [0.2, 0.25) is 0 Å². The van der Waals surface area contributed by atoms with Gasteiger partial charge in [0.05, 0.1) is 17.9 Å². The second-order valence-electron chi connectivity index (χ2n) is 5.05. The number of aryl methyl sites for hydroxylation is 2. The van der Waals surface area contributed by atoms with Crippen LogP contribution in [0.4, 0.5) is 0 Å². The number of hydrogen-bond acceptors (Lipinski definition) is 3. The Hall–Kier alpha value is -1.36. The van der Waals surface area contributed by atoms with Crippen LogP contribution in [0.15, 0.2) is 6.07 Å². The maximum atomic E-state index is 10.9. The molecule has 0 aromatic carbocycles. The summed E-state index contributed by atoms with van der Waals surface area (Å²) in [5.74, 6) is -0.335. The van der Waals surface area contributed by atoms with E-state index in [0.29, 0.717) is 12.5 Å². The fourth-order valence-corrected chi connectivity index (χ4v) is 2.12. The summed E-state index contributed by atoms with van der Waals surface area (Å²) >= 11 is 0. The summed E-state index contributed by atoms with van der Waals surface area (Å²) in [7, 11) is 0. The maximum Gasteiger partial charge on any atom is 0.317 e. The Morgan fingerprint density at radius 2 is 2.22 bits per heavy atom. The number of carboxylic acid groups (broad SMARTS) is 1. The lowest BCUT2D eigenvalue weighted by molar-refractivity contribution is -0.138. The molecule has 0 aliphatic rings. The van der Waals surface area contributed by atoms with Crippen LogP contribution >= 0.6 is 0 Å². The molecule has 0 aliphatic carbocycles. The fraction of sp³-hybridized carbons (Fsp3) is 0.692. The van der Waals surface area contributed by atoms with E-state index in [-0.39, 0.29) is 6.54 Å². The first-order valence-corrected chi connectivity index (χ1v) is 6.39. The molecule has 0 aliphatic heterocycles. The molecule has 102 valence electrons. The van der Waals surface area contributed by atoms with Crippen LogP contribution < -0.4 is 0 Å². The van der Waals surface area contributed by atoms with Crippen molar-refractivity contribution in [1.82, 2.24) is 14.7 Å². The van der Waals surface area contributed by atoms with Gasteiger partial charge < -0.3 is 5.11 Å². The van der Waals surface area contributed by atoms with Gasteiger partial charge in [0.2, 0.25) is 0 Å². The van der Waals surface area contributed by atoms with Crippen LogP contribution in [0.25, 0.3) is 0 Å². The first-order chi connectivity index (χ1) is 8.42. The molecule has 0 spiro atoms. The van der Waals surface area contributed by atoms with Gasteiger partial charge in [0, 0.05) is 19.6 Å². The lowest BCUT2D eigenvalue weighted by atomic mass is 10.2. The standard InChI is InChI=1S/C13H23N3O2/c1-5-16-12(6-11(4)14-16)8-15(7-10(2)3)9-13(17)18/h6,10H,5,7-9H2,1-4H3,(H,17,18). The van der Waals surface area contributed by atoms with E-state index in [4.69, 9.17) is 5.11 Å². The predicted octanol–water partition coefficient (Wildman–Crippen LogP) is 1.75. The molecule has 5 heteroatoms. The number of nitrogens with zero attached hydrogens (tertiary/aromatic N) is 3. The SMILES string of the molecule is CCn1nc(C)cc1CN(CC(=O)O)CC(C)C. The summed E-state index contributed by atoms with van der Waals surface area (Å²) in [6.45, 7) is 10.5. The average Bonchev–Trinajstić information content (AvgIpc) is 2.56. The molecule has 0 saturated heterocycles. The van der Waals surface area contributed by atoms with Crippen LogP contribution in [0, 0.1) is 12.8 Å². The van der Waals surface area contributed by atoms with Crippen molar-refractivity contribution in [3.05, 3.63) is 17.5 Å². The molecule has 0 unspecified atom stereocenters. The Balaban J connectivity index is 2.77. The number of hydrogen-bond donors (Lipinski definition) is 1. The minimum Gasteiger partial charge on any atom is -0.480 e. The molecule has 1 aromatic heterocycles. The van der Waals surface area contributed by atoms with E-state index in [1.54, 1.807) is 0 Å². The van der Waals surface area contributed by atoms with Crippen molar-refractivity contribution in [3.63, 3.8) is 0 Å². The summed E-state index contributed by atoms with van der Waals surface area (Å²) in [6.07, 6.45) is 0. The smallest absolute Gasteiger partial charge is 0.317 e. The van der Waals surface area contributed by atoms with Crippen molar-refractivity contribution in [3.8, 4) is 0 Å². The predicted molar refractivity (Wildman–Crippen MR) is 70.4 cm³/mol. The molecule has 1 rings (SSSR count). The summed E-state index contributed by atoms with van der Waals surface area (Å²) in [5, 5.41) is 13.3. The van der Waals surface area contributed by atoms with Crippen molar-refractivity contribution >= 4 is 5.97 Å². The Morgan fingerprint density at radius 1 is 1.56 bits per heavy atom. The van der Waals surface area contributed by atoms with Crippen molar-refractivity contribution in [2.24, 2.45) is 5.92 Å².